The number of rotatable bonds is 8. The molecule has 27 heavy (non-hydrogen) atoms. The van der Waals surface area contributed by atoms with E-state index in [4.69, 9.17) is 9.47 Å². The van der Waals surface area contributed by atoms with Crippen LogP contribution in [0, 0.1) is 6.92 Å². The summed E-state index contributed by atoms with van der Waals surface area (Å²) in [6.07, 6.45) is 0.130. The smallest absolute Gasteiger partial charge is 0.276 e. The zero-order valence-corrected chi connectivity index (χ0v) is 16.0. The molecule has 0 spiro atoms. The molecule has 144 valence electrons. The molecule has 2 amide bonds. The number of hydrazine groups is 1. The molecule has 0 unspecified atom stereocenters. The van der Waals surface area contributed by atoms with E-state index >= 15 is 0 Å². The van der Waals surface area contributed by atoms with Gasteiger partial charge in [-0.25, -0.2) is 0 Å². The molecule has 0 aliphatic rings. The van der Waals surface area contributed by atoms with E-state index in [2.05, 4.69) is 24.7 Å². The first-order valence-electron chi connectivity index (χ1n) is 8.94. The van der Waals surface area contributed by atoms with Crippen molar-refractivity contribution in [3.8, 4) is 11.5 Å². The summed E-state index contributed by atoms with van der Waals surface area (Å²) >= 11 is 0. The molecular formula is C21H26N2O4. The Labute approximate surface area is 159 Å². The highest BCUT2D eigenvalue weighted by atomic mass is 16.5. The molecule has 0 heterocycles. The highest BCUT2D eigenvalue weighted by Crippen LogP contribution is 2.27. The summed E-state index contributed by atoms with van der Waals surface area (Å²) in [5, 5.41) is 0. The quantitative estimate of drug-likeness (QED) is 0.700. The van der Waals surface area contributed by atoms with E-state index < -0.39 is 5.91 Å². The van der Waals surface area contributed by atoms with Crippen molar-refractivity contribution in [2.45, 2.75) is 33.1 Å². The fourth-order valence-corrected chi connectivity index (χ4v) is 2.40. The van der Waals surface area contributed by atoms with Crippen LogP contribution in [0.15, 0.2) is 48.5 Å². The molecule has 0 atom stereocenters. The van der Waals surface area contributed by atoms with Crippen molar-refractivity contribution in [2.24, 2.45) is 0 Å². The fourth-order valence-electron chi connectivity index (χ4n) is 2.40. The van der Waals surface area contributed by atoms with Gasteiger partial charge in [0.2, 0.25) is 5.91 Å². The molecule has 0 fully saturated rings. The molecule has 2 aromatic rings. The van der Waals surface area contributed by atoms with Gasteiger partial charge in [-0.1, -0.05) is 44.2 Å². The van der Waals surface area contributed by atoms with E-state index in [0.29, 0.717) is 11.5 Å². The number of amides is 2. The van der Waals surface area contributed by atoms with Crippen molar-refractivity contribution in [1.29, 1.82) is 0 Å². The van der Waals surface area contributed by atoms with Gasteiger partial charge in [0.25, 0.3) is 5.91 Å². The second-order valence-corrected chi connectivity index (χ2v) is 6.49. The zero-order valence-electron chi connectivity index (χ0n) is 16.0. The summed E-state index contributed by atoms with van der Waals surface area (Å²) in [4.78, 5) is 23.7. The summed E-state index contributed by atoms with van der Waals surface area (Å²) in [7, 11) is 0. The van der Waals surface area contributed by atoms with E-state index in [1.54, 1.807) is 0 Å². The number of hydrogen-bond donors (Lipinski definition) is 2. The lowest BCUT2D eigenvalue weighted by atomic mass is 10.0. The van der Waals surface area contributed by atoms with Gasteiger partial charge in [0.1, 0.15) is 11.5 Å². The predicted octanol–water partition coefficient (Wildman–Crippen LogP) is 3.11. The molecule has 0 radical (unpaired) electrons. The third kappa shape index (κ3) is 7.01. The maximum Gasteiger partial charge on any atom is 0.276 e. The maximum atomic E-state index is 11.9. The molecule has 2 aromatic carbocycles. The molecule has 0 bridgehead atoms. The van der Waals surface area contributed by atoms with E-state index in [0.717, 1.165) is 11.1 Å². The molecule has 2 rings (SSSR count). The Morgan fingerprint density at radius 3 is 2.37 bits per heavy atom. The molecule has 6 heteroatoms. The summed E-state index contributed by atoms with van der Waals surface area (Å²) in [5.74, 6) is 0.902. The normalized spacial score (nSPS) is 10.4. The van der Waals surface area contributed by atoms with Crippen LogP contribution in [-0.4, -0.2) is 25.0 Å². The first kappa shape index (κ1) is 20.3. The SMILES string of the molecule is Cc1ccc(C(C)C)c(OCC(=O)NNC(=O)CCOc2ccccc2)c1. The van der Waals surface area contributed by atoms with Crippen LogP contribution in [0.1, 0.15) is 37.3 Å². The van der Waals surface area contributed by atoms with Crippen molar-refractivity contribution >= 4 is 11.8 Å². The van der Waals surface area contributed by atoms with Gasteiger partial charge in [0.05, 0.1) is 13.0 Å². The van der Waals surface area contributed by atoms with Crippen LogP contribution in [0.4, 0.5) is 0 Å². The van der Waals surface area contributed by atoms with Crippen LogP contribution < -0.4 is 20.3 Å². The second kappa shape index (κ2) is 10.2. The minimum Gasteiger partial charge on any atom is -0.493 e. The Morgan fingerprint density at radius 2 is 1.67 bits per heavy atom. The number of aryl methyl sites for hydroxylation is 1. The summed E-state index contributed by atoms with van der Waals surface area (Å²) in [6, 6.07) is 15.1. The van der Waals surface area contributed by atoms with Crippen molar-refractivity contribution < 1.29 is 19.1 Å². The largest absolute Gasteiger partial charge is 0.493 e. The molecule has 6 nitrogen and oxygen atoms in total. The Morgan fingerprint density at radius 1 is 0.963 bits per heavy atom. The van der Waals surface area contributed by atoms with Crippen molar-refractivity contribution in [2.75, 3.05) is 13.2 Å². The van der Waals surface area contributed by atoms with Crippen molar-refractivity contribution in [3.05, 3.63) is 59.7 Å². The summed E-state index contributed by atoms with van der Waals surface area (Å²) < 4.78 is 11.1. The van der Waals surface area contributed by atoms with Crippen molar-refractivity contribution in [3.63, 3.8) is 0 Å². The van der Waals surface area contributed by atoms with Gasteiger partial charge in [0, 0.05) is 0 Å². The molecule has 0 saturated carbocycles. The highest BCUT2D eigenvalue weighted by molar-refractivity contribution is 5.82. The standard InChI is InChI=1S/C21H26N2O4/c1-15(2)18-10-9-16(3)13-19(18)27-14-21(25)23-22-20(24)11-12-26-17-7-5-4-6-8-17/h4-10,13,15H,11-12,14H2,1-3H3,(H,22,24)(H,23,25). The first-order chi connectivity index (χ1) is 13.0. The third-order valence-corrected chi connectivity index (χ3v) is 3.83. The van der Waals surface area contributed by atoms with Crippen LogP contribution in [0.5, 0.6) is 11.5 Å². The first-order valence-corrected chi connectivity index (χ1v) is 8.94. The van der Waals surface area contributed by atoms with Gasteiger partial charge in [-0.05, 0) is 42.2 Å². The molecule has 2 N–H and O–H groups in total. The number of para-hydroxylation sites is 1. The number of carbonyl (C=O) groups is 2. The molecule has 0 aliphatic heterocycles. The van der Waals surface area contributed by atoms with E-state index in [-0.39, 0.29) is 31.5 Å². The molecule has 0 aromatic heterocycles. The Hall–Kier alpha value is -3.02. The van der Waals surface area contributed by atoms with Crippen LogP contribution in [0.2, 0.25) is 0 Å². The minimum atomic E-state index is -0.427. The van der Waals surface area contributed by atoms with Crippen molar-refractivity contribution in [1.82, 2.24) is 10.9 Å². The lowest BCUT2D eigenvalue weighted by molar-refractivity contribution is -0.130. The van der Waals surface area contributed by atoms with E-state index in [1.165, 1.54) is 0 Å². The predicted molar refractivity (Wildman–Crippen MR) is 104 cm³/mol. The fraction of sp³-hybridized carbons (Fsp3) is 0.333. The molecular weight excluding hydrogens is 344 g/mol. The summed E-state index contributed by atoms with van der Waals surface area (Å²) in [5.41, 5.74) is 6.80. The van der Waals surface area contributed by atoms with Gasteiger partial charge in [-0.3, -0.25) is 20.4 Å². The van der Waals surface area contributed by atoms with Crippen LogP contribution in [-0.2, 0) is 9.59 Å². The number of hydrogen-bond acceptors (Lipinski definition) is 4. The lowest BCUT2D eigenvalue weighted by Crippen LogP contribution is -2.44. The van der Waals surface area contributed by atoms with Gasteiger partial charge in [0.15, 0.2) is 6.61 Å². The molecule has 0 saturated heterocycles. The topological polar surface area (TPSA) is 76.7 Å². The minimum absolute atomic E-state index is 0.130. The zero-order chi connectivity index (χ0) is 19.6. The van der Waals surface area contributed by atoms with E-state index in [9.17, 15) is 9.59 Å². The number of ether oxygens (including phenoxy) is 2. The Balaban J connectivity index is 1.70. The maximum absolute atomic E-state index is 11.9. The number of benzene rings is 2. The summed E-state index contributed by atoms with van der Waals surface area (Å²) in [6.45, 7) is 6.15. The highest BCUT2D eigenvalue weighted by Gasteiger charge is 2.11. The van der Waals surface area contributed by atoms with Crippen LogP contribution in [0.3, 0.4) is 0 Å². The van der Waals surface area contributed by atoms with Crippen LogP contribution >= 0.6 is 0 Å². The van der Waals surface area contributed by atoms with Crippen LogP contribution in [0.25, 0.3) is 0 Å². The Bertz CT molecular complexity index is 760. The average molecular weight is 370 g/mol. The number of nitrogens with one attached hydrogen (secondary N) is 2. The van der Waals surface area contributed by atoms with Gasteiger partial charge in [-0.15, -0.1) is 0 Å². The Kier molecular flexibility index (Phi) is 7.67. The average Bonchev–Trinajstić information content (AvgIpc) is 2.65. The lowest BCUT2D eigenvalue weighted by Gasteiger charge is -2.15. The van der Waals surface area contributed by atoms with Gasteiger partial charge < -0.3 is 9.47 Å². The van der Waals surface area contributed by atoms with E-state index in [1.807, 2.05) is 55.5 Å². The number of carbonyl (C=O) groups excluding carboxylic acids is 2. The van der Waals surface area contributed by atoms with Gasteiger partial charge in [-0.2, -0.15) is 0 Å². The molecule has 0 aliphatic carbocycles. The second-order valence-electron chi connectivity index (χ2n) is 6.49. The van der Waals surface area contributed by atoms with Gasteiger partial charge >= 0.3 is 0 Å². The third-order valence-electron chi connectivity index (χ3n) is 3.83. The monoisotopic (exact) mass is 370 g/mol.